The normalized spacial score (nSPS) is 11.4. The highest BCUT2D eigenvalue weighted by atomic mass is 127. The molecule has 1 heterocycles. The zero-order valence-electron chi connectivity index (χ0n) is 7.58. The van der Waals surface area contributed by atoms with Crippen LogP contribution in [0.2, 0.25) is 0 Å². The van der Waals surface area contributed by atoms with E-state index in [1.807, 2.05) is 13.8 Å². The third-order valence-electron chi connectivity index (χ3n) is 1.52. The number of nitrogens with zero attached hydrogens (tertiary/aromatic N) is 2. The summed E-state index contributed by atoms with van der Waals surface area (Å²) in [4.78, 5) is 7.95. The average Bonchev–Trinajstić information content (AvgIpc) is 2.09. The van der Waals surface area contributed by atoms with Gasteiger partial charge in [0.05, 0.1) is 15.7 Å². The minimum Gasteiger partial charge on any atom is -0.394 e. The number of aliphatic hydroxyl groups excluding tert-OH is 1. The summed E-state index contributed by atoms with van der Waals surface area (Å²) < 4.78 is 0.946. The van der Waals surface area contributed by atoms with Gasteiger partial charge in [0.2, 0.25) is 0 Å². The molecule has 0 fully saturated rings. The van der Waals surface area contributed by atoms with Crippen molar-refractivity contribution in [3.05, 3.63) is 16.1 Å². The van der Waals surface area contributed by atoms with Crippen LogP contribution in [-0.2, 0) is 0 Å². The van der Waals surface area contributed by atoms with Crippen molar-refractivity contribution < 1.29 is 5.11 Å². The molecule has 0 bridgehead atoms. The van der Waals surface area contributed by atoms with E-state index in [0.717, 1.165) is 9.39 Å². The first-order valence-corrected chi connectivity index (χ1v) is 4.97. The van der Waals surface area contributed by atoms with Crippen molar-refractivity contribution in [2.75, 3.05) is 11.9 Å². The van der Waals surface area contributed by atoms with Gasteiger partial charge in [0.25, 0.3) is 0 Å². The second-order valence-corrected chi connectivity index (χ2v) is 4.55. The van der Waals surface area contributed by atoms with Crippen LogP contribution in [0.3, 0.4) is 0 Å². The van der Waals surface area contributed by atoms with Crippen LogP contribution in [0.4, 0.5) is 5.82 Å². The van der Waals surface area contributed by atoms with E-state index in [1.165, 1.54) is 6.33 Å². The van der Waals surface area contributed by atoms with Crippen molar-refractivity contribution in [1.82, 2.24) is 9.97 Å². The van der Waals surface area contributed by atoms with E-state index in [2.05, 4.69) is 37.9 Å². The third kappa shape index (κ3) is 3.07. The molecular weight excluding hydrogens is 281 g/mol. The Bertz CT molecular complexity index is 290. The maximum atomic E-state index is 9.04. The molecule has 0 aliphatic rings. The summed E-state index contributed by atoms with van der Waals surface area (Å²) in [5.41, 5.74) is -0.353. The minimum atomic E-state index is -0.353. The van der Waals surface area contributed by atoms with Crippen LogP contribution in [-0.4, -0.2) is 27.2 Å². The number of aromatic nitrogens is 2. The van der Waals surface area contributed by atoms with Gasteiger partial charge in [-0.1, -0.05) is 0 Å². The Morgan fingerprint density at radius 1 is 1.62 bits per heavy atom. The van der Waals surface area contributed by atoms with E-state index in [0.29, 0.717) is 0 Å². The molecule has 72 valence electrons. The molecule has 0 amide bonds. The Kier molecular flexibility index (Phi) is 3.43. The highest BCUT2D eigenvalue weighted by molar-refractivity contribution is 14.1. The summed E-state index contributed by atoms with van der Waals surface area (Å²) in [6.07, 6.45) is 3.21. The maximum Gasteiger partial charge on any atom is 0.143 e. The Morgan fingerprint density at radius 3 is 2.85 bits per heavy atom. The average molecular weight is 293 g/mol. The van der Waals surface area contributed by atoms with Crippen LogP contribution < -0.4 is 5.32 Å². The molecule has 1 aromatic rings. The molecule has 0 spiro atoms. The smallest absolute Gasteiger partial charge is 0.143 e. The van der Waals surface area contributed by atoms with Gasteiger partial charge in [-0.05, 0) is 36.4 Å². The molecule has 0 unspecified atom stereocenters. The molecule has 1 rings (SSSR count). The lowest BCUT2D eigenvalue weighted by Gasteiger charge is -2.24. The van der Waals surface area contributed by atoms with Crippen LogP contribution in [0.25, 0.3) is 0 Å². The Labute approximate surface area is 90.9 Å². The zero-order chi connectivity index (χ0) is 9.90. The SMILES string of the molecule is CC(C)(CO)Nc1ncncc1I. The Hall–Kier alpha value is -0.430. The van der Waals surface area contributed by atoms with E-state index in [1.54, 1.807) is 6.20 Å². The van der Waals surface area contributed by atoms with Gasteiger partial charge in [-0.2, -0.15) is 0 Å². The minimum absolute atomic E-state index is 0.0626. The molecule has 0 aliphatic carbocycles. The quantitative estimate of drug-likeness (QED) is 0.824. The maximum absolute atomic E-state index is 9.04. The number of halogens is 1. The molecule has 13 heavy (non-hydrogen) atoms. The highest BCUT2D eigenvalue weighted by Gasteiger charge is 2.17. The summed E-state index contributed by atoms with van der Waals surface area (Å²) in [7, 11) is 0. The monoisotopic (exact) mass is 293 g/mol. The van der Waals surface area contributed by atoms with E-state index in [-0.39, 0.29) is 12.1 Å². The number of hydrogen-bond donors (Lipinski definition) is 2. The number of aliphatic hydroxyl groups is 1. The topological polar surface area (TPSA) is 58.0 Å². The molecule has 0 saturated carbocycles. The first kappa shape index (κ1) is 10.6. The van der Waals surface area contributed by atoms with Crippen molar-refractivity contribution in [3.8, 4) is 0 Å². The summed E-state index contributed by atoms with van der Waals surface area (Å²) in [6, 6.07) is 0. The number of rotatable bonds is 3. The molecule has 1 aromatic heterocycles. The van der Waals surface area contributed by atoms with Gasteiger partial charge in [0, 0.05) is 6.20 Å². The largest absolute Gasteiger partial charge is 0.394 e. The summed E-state index contributed by atoms with van der Waals surface area (Å²) in [6.45, 7) is 3.88. The fourth-order valence-electron chi connectivity index (χ4n) is 0.765. The molecule has 4 nitrogen and oxygen atoms in total. The van der Waals surface area contributed by atoms with E-state index in [4.69, 9.17) is 5.11 Å². The first-order valence-electron chi connectivity index (χ1n) is 3.90. The molecule has 0 radical (unpaired) electrons. The van der Waals surface area contributed by atoms with Gasteiger partial charge in [0.1, 0.15) is 12.1 Å². The number of nitrogens with one attached hydrogen (secondary N) is 1. The van der Waals surface area contributed by atoms with E-state index in [9.17, 15) is 0 Å². The summed E-state index contributed by atoms with van der Waals surface area (Å²) in [5, 5.41) is 12.2. The second-order valence-electron chi connectivity index (χ2n) is 3.39. The van der Waals surface area contributed by atoms with Crippen molar-refractivity contribution in [2.45, 2.75) is 19.4 Å². The van der Waals surface area contributed by atoms with Crippen molar-refractivity contribution in [1.29, 1.82) is 0 Å². The standard InChI is InChI=1S/C8H12IN3O/c1-8(2,4-13)12-7-6(9)3-10-5-11-7/h3,5,13H,4H2,1-2H3,(H,10,11,12). The molecule has 0 saturated heterocycles. The molecule has 0 aliphatic heterocycles. The second kappa shape index (κ2) is 4.19. The van der Waals surface area contributed by atoms with Gasteiger partial charge in [0.15, 0.2) is 0 Å². The van der Waals surface area contributed by atoms with Crippen molar-refractivity contribution in [2.24, 2.45) is 0 Å². The first-order chi connectivity index (χ1) is 6.05. The van der Waals surface area contributed by atoms with Gasteiger partial charge in [-0.3, -0.25) is 0 Å². The van der Waals surface area contributed by atoms with Gasteiger partial charge in [-0.25, -0.2) is 9.97 Å². The summed E-state index contributed by atoms with van der Waals surface area (Å²) in [5.74, 6) is 0.759. The van der Waals surface area contributed by atoms with Crippen LogP contribution in [0.1, 0.15) is 13.8 Å². The lowest BCUT2D eigenvalue weighted by molar-refractivity contribution is 0.234. The molecule has 0 aromatic carbocycles. The predicted octanol–water partition coefficient (Wildman–Crippen LogP) is 1.26. The van der Waals surface area contributed by atoms with E-state index >= 15 is 0 Å². The van der Waals surface area contributed by atoms with Crippen LogP contribution in [0.5, 0.6) is 0 Å². The Balaban J connectivity index is 2.80. The lowest BCUT2D eigenvalue weighted by atomic mass is 10.1. The van der Waals surface area contributed by atoms with Gasteiger partial charge >= 0.3 is 0 Å². The van der Waals surface area contributed by atoms with Crippen molar-refractivity contribution >= 4 is 28.4 Å². The molecule has 0 atom stereocenters. The number of hydrogen-bond acceptors (Lipinski definition) is 4. The molecular formula is C8H12IN3O. The zero-order valence-corrected chi connectivity index (χ0v) is 9.74. The van der Waals surface area contributed by atoms with Crippen molar-refractivity contribution in [3.63, 3.8) is 0 Å². The fourth-order valence-corrected chi connectivity index (χ4v) is 1.20. The highest BCUT2D eigenvalue weighted by Crippen LogP contribution is 2.17. The molecule has 2 N–H and O–H groups in total. The number of anilines is 1. The summed E-state index contributed by atoms with van der Waals surface area (Å²) >= 11 is 2.15. The fraction of sp³-hybridized carbons (Fsp3) is 0.500. The Morgan fingerprint density at radius 2 is 2.31 bits per heavy atom. The molecule has 5 heteroatoms. The van der Waals surface area contributed by atoms with Gasteiger partial charge < -0.3 is 10.4 Å². The van der Waals surface area contributed by atoms with Gasteiger partial charge in [-0.15, -0.1) is 0 Å². The predicted molar refractivity (Wildman–Crippen MR) is 59.5 cm³/mol. The van der Waals surface area contributed by atoms with Crippen LogP contribution >= 0.6 is 22.6 Å². The van der Waals surface area contributed by atoms with Crippen LogP contribution in [0, 0.1) is 3.57 Å². The van der Waals surface area contributed by atoms with Crippen LogP contribution in [0.15, 0.2) is 12.5 Å². The van der Waals surface area contributed by atoms with E-state index < -0.39 is 0 Å². The lowest BCUT2D eigenvalue weighted by Crippen LogP contribution is -2.35. The third-order valence-corrected chi connectivity index (χ3v) is 2.31.